The first-order chi connectivity index (χ1) is 14.4. The Morgan fingerprint density at radius 1 is 0.933 bits per heavy atom. The van der Waals surface area contributed by atoms with E-state index in [4.69, 9.17) is 0 Å². The summed E-state index contributed by atoms with van der Waals surface area (Å²) in [5, 5.41) is 13.1. The predicted molar refractivity (Wildman–Crippen MR) is 116 cm³/mol. The third kappa shape index (κ3) is 2.83. The largest absolute Gasteiger partial charge is 0.325 e. The maximum Gasteiger partial charge on any atom is 0.246 e. The third-order valence-electron chi connectivity index (χ3n) is 6.20. The highest BCUT2D eigenvalue weighted by Gasteiger charge is 2.82. The van der Waals surface area contributed by atoms with Gasteiger partial charge in [0.15, 0.2) is 11.2 Å². The number of carbonyl (C=O) groups excluding carboxylic acids is 2. The van der Waals surface area contributed by atoms with Gasteiger partial charge in [0.2, 0.25) is 5.91 Å². The highest BCUT2D eigenvalue weighted by molar-refractivity contribution is 6.14. The van der Waals surface area contributed by atoms with Crippen LogP contribution >= 0.6 is 0 Å². The maximum atomic E-state index is 13.6. The van der Waals surface area contributed by atoms with Gasteiger partial charge in [-0.3, -0.25) is 9.59 Å². The van der Waals surface area contributed by atoms with Gasteiger partial charge in [0.25, 0.3) is 0 Å². The van der Waals surface area contributed by atoms with Crippen LogP contribution < -0.4 is 5.32 Å². The molecule has 1 N–H and O–H groups in total. The third-order valence-corrected chi connectivity index (χ3v) is 6.20. The molecule has 3 atom stereocenters. The molecular formula is C26H22N2O2. The van der Waals surface area contributed by atoms with Crippen molar-refractivity contribution in [3.05, 3.63) is 102 Å². The van der Waals surface area contributed by atoms with E-state index in [1.807, 2.05) is 61.5 Å². The van der Waals surface area contributed by atoms with E-state index < -0.39 is 22.7 Å². The van der Waals surface area contributed by atoms with Crippen LogP contribution in [0.4, 0.5) is 5.69 Å². The first-order valence-corrected chi connectivity index (χ1v) is 9.89. The lowest BCUT2D eigenvalue weighted by Crippen LogP contribution is -2.31. The number of amides is 1. The van der Waals surface area contributed by atoms with Crippen molar-refractivity contribution in [1.29, 1.82) is 5.26 Å². The Balaban J connectivity index is 1.79. The lowest BCUT2D eigenvalue weighted by molar-refractivity contribution is -0.120. The van der Waals surface area contributed by atoms with Crippen LogP contribution in [0.5, 0.6) is 0 Å². The molecular weight excluding hydrogens is 372 g/mol. The van der Waals surface area contributed by atoms with Crippen molar-refractivity contribution in [2.75, 3.05) is 5.32 Å². The Hall–Kier alpha value is -3.71. The number of carbonyl (C=O) groups is 2. The number of nitrogens with zero attached hydrogens (tertiary/aromatic N) is 1. The quantitative estimate of drug-likeness (QED) is 0.610. The van der Waals surface area contributed by atoms with Crippen molar-refractivity contribution < 1.29 is 9.59 Å². The molecule has 30 heavy (non-hydrogen) atoms. The van der Waals surface area contributed by atoms with E-state index in [0.29, 0.717) is 11.3 Å². The molecule has 0 radical (unpaired) electrons. The van der Waals surface area contributed by atoms with Crippen LogP contribution in [-0.4, -0.2) is 11.7 Å². The molecule has 3 aromatic carbocycles. The minimum Gasteiger partial charge on any atom is -0.325 e. The summed E-state index contributed by atoms with van der Waals surface area (Å²) < 4.78 is 0. The Morgan fingerprint density at radius 2 is 1.57 bits per heavy atom. The molecule has 3 aromatic rings. The Kier molecular flexibility index (Phi) is 4.75. The lowest BCUT2D eigenvalue weighted by atomic mass is 9.87. The maximum absolute atomic E-state index is 13.6. The number of nitriles is 1. The zero-order valence-corrected chi connectivity index (χ0v) is 16.9. The SMILES string of the molecule is Cc1cccc(NC(=O)[C@]2(C#N)[C@@H](c3ccccc3)[C@]2(C)C(=O)c2ccccc2)c1. The normalized spacial score (nSPS) is 24.5. The molecule has 0 spiro atoms. The Labute approximate surface area is 176 Å². The lowest BCUT2D eigenvalue weighted by Gasteiger charge is -2.15. The first kappa shape index (κ1) is 19.6. The van der Waals surface area contributed by atoms with E-state index in [9.17, 15) is 14.9 Å². The molecule has 0 aromatic heterocycles. The minimum absolute atomic E-state index is 0.196. The van der Waals surface area contributed by atoms with Crippen LogP contribution in [0.1, 0.15) is 34.3 Å². The summed E-state index contributed by atoms with van der Waals surface area (Å²) in [5.41, 5.74) is 0.260. The summed E-state index contributed by atoms with van der Waals surface area (Å²) in [6, 6.07) is 27.9. The van der Waals surface area contributed by atoms with Gasteiger partial charge in [-0.2, -0.15) is 5.26 Å². The molecule has 0 saturated heterocycles. The van der Waals surface area contributed by atoms with Crippen LogP contribution in [0.3, 0.4) is 0 Å². The number of rotatable bonds is 5. The molecule has 0 bridgehead atoms. The van der Waals surface area contributed by atoms with E-state index in [2.05, 4.69) is 11.4 Å². The number of hydrogen-bond donors (Lipinski definition) is 1. The van der Waals surface area contributed by atoms with Crippen molar-refractivity contribution in [1.82, 2.24) is 0 Å². The Morgan fingerprint density at radius 3 is 2.17 bits per heavy atom. The van der Waals surface area contributed by atoms with Crippen LogP contribution in [0.25, 0.3) is 0 Å². The van der Waals surface area contributed by atoms with Crippen molar-refractivity contribution >= 4 is 17.4 Å². The first-order valence-electron chi connectivity index (χ1n) is 9.89. The molecule has 0 aliphatic heterocycles. The van der Waals surface area contributed by atoms with E-state index in [-0.39, 0.29) is 5.78 Å². The van der Waals surface area contributed by atoms with Crippen molar-refractivity contribution in [3.63, 3.8) is 0 Å². The molecule has 4 nitrogen and oxygen atoms in total. The molecule has 4 heteroatoms. The fourth-order valence-corrected chi connectivity index (χ4v) is 4.60. The fraction of sp³-hybridized carbons (Fsp3) is 0.192. The van der Waals surface area contributed by atoms with Crippen molar-refractivity contribution in [2.24, 2.45) is 10.8 Å². The molecule has 1 saturated carbocycles. The average Bonchev–Trinajstić information content (AvgIpc) is 3.35. The summed E-state index contributed by atoms with van der Waals surface area (Å²) in [5.74, 6) is -1.18. The van der Waals surface area contributed by atoms with Gasteiger partial charge in [-0.25, -0.2) is 0 Å². The molecule has 1 fully saturated rings. The van der Waals surface area contributed by atoms with Crippen LogP contribution in [0.15, 0.2) is 84.9 Å². The number of hydrogen-bond acceptors (Lipinski definition) is 3. The summed E-state index contributed by atoms with van der Waals surface area (Å²) in [6.45, 7) is 3.67. The molecule has 148 valence electrons. The molecule has 0 heterocycles. The molecule has 1 aliphatic rings. The van der Waals surface area contributed by atoms with Gasteiger partial charge in [-0.15, -0.1) is 0 Å². The van der Waals surface area contributed by atoms with Crippen LogP contribution in [-0.2, 0) is 4.79 Å². The standard InChI is InChI=1S/C26H22N2O2/c1-18-10-9-15-21(16-18)28-24(30)26(17-27)22(19-11-5-3-6-12-19)25(26,2)23(29)20-13-7-4-8-14-20/h3-16,22H,1-2H3,(H,28,30)/t22-,25+,26-/m0/s1. The number of anilines is 1. The van der Waals surface area contributed by atoms with Crippen molar-refractivity contribution in [2.45, 2.75) is 19.8 Å². The topological polar surface area (TPSA) is 70.0 Å². The molecule has 0 unspecified atom stereocenters. The monoisotopic (exact) mass is 394 g/mol. The molecule has 1 aliphatic carbocycles. The van der Waals surface area contributed by atoms with Gasteiger partial charge in [0.1, 0.15) is 0 Å². The summed E-state index contributed by atoms with van der Waals surface area (Å²) in [7, 11) is 0. The number of nitrogens with one attached hydrogen (secondary N) is 1. The summed E-state index contributed by atoms with van der Waals surface area (Å²) in [6.07, 6.45) is 0. The van der Waals surface area contributed by atoms with Gasteiger partial charge in [-0.05, 0) is 37.1 Å². The van der Waals surface area contributed by atoms with Gasteiger partial charge in [0.05, 0.1) is 11.5 Å². The predicted octanol–water partition coefficient (Wildman–Crippen LogP) is 5.13. The summed E-state index contributed by atoms with van der Waals surface area (Å²) in [4.78, 5) is 27.1. The van der Waals surface area contributed by atoms with Crippen molar-refractivity contribution in [3.8, 4) is 6.07 Å². The summed E-state index contributed by atoms with van der Waals surface area (Å²) >= 11 is 0. The smallest absolute Gasteiger partial charge is 0.246 e. The highest BCUT2D eigenvalue weighted by atomic mass is 16.2. The molecule has 4 rings (SSSR count). The Bertz CT molecular complexity index is 1150. The number of benzene rings is 3. The second kappa shape index (κ2) is 7.27. The second-order valence-corrected chi connectivity index (χ2v) is 7.98. The van der Waals surface area contributed by atoms with E-state index in [0.717, 1.165) is 11.1 Å². The van der Waals surface area contributed by atoms with Gasteiger partial charge < -0.3 is 5.32 Å². The zero-order chi connectivity index (χ0) is 21.4. The van der Waals surface area contributed by atoms with E-state index in [1.54, 1.807) is 37.3 Å². The molecule has 1 amide bonds. The highest BCUT2D eigenvalue weighted by Crippen LogP contribution is 2.75. The average molecular weight is 394 g/mol. The van der Waals surface area contributed by atoms with Crippen LogP contribution in [0.2, 0.25) is 0 Å². The van der Waals surface area contributed by atoms with E-state index in [1.165, 1.54) is 0 Å². The van der Waals surface area contributed by atoms with Gasteiger partial charge >= 0.3 is 0 Å². The number of Topliss-reactive ketones (excluding diaryl/α,β-unsaturated/α-hetero) is 1. The number of aryl methyl sites for hydroxylation is 1. The van der Waals surface area contributed by atoms with Gasteiger partial charge in [0, 0.05) is 17.2 Å². The van der Waals surface area contributed by atoms with Crippen LogP contribution in [0, 0.1) is 29.1 Å². The zero-order valence-electron chi connectivity index (χ0n) is 16.9. The van der Waals surface area contributed by atoms with Gasteiger partial charge in [-0.1, -0.05) is 72.8 Å². The fourth-order valence-electron chi connectivity index (χ4n) is 4.60. The minimum atomic E-state index is -1.50. The number of ketones is 1. The second-order valence-electron chi connectivity index (χ2n) is 7.98. The van der Waals surface area contributed by atoms with E-state index >= 15 is 0 Å².